The first-order chi connectivity index (χ1) is 15.2. The third kappa shape index (κ3) is 4.83. The van der Waals surface area contributed by atoms with Gasteiger partial charge in [-0.3, -0.25) is 14.6 Å². The first kappa shape index (κ1) is 22.4. The lowest BCUT2D eigenvalue weighted by Crippen LogP contribution is -2.42. The van der Waals surface area contributed by atoms with Crippen molar-refractivity contribution >= 4 is 28.6 Å². The summed E-state index contributed by atoms with van der Waals surface area (Å²) in [6.07, 6.45) is 4.24. The zero-order valence-electron chi connectivity index (χ0n) is 19.0. The zero-order valence-corrected chi connectivity index (χ0v) is 19.7. The number of piperidine rings is 1. The summed E-state index contributed by atoms with van der Waals surface area (Å²) in [7, 11) is 1.87. The molecule has 3 heterocycles. The third-order valence-electron chi connectivity index (χ3n) is 5.51. The molecule has 4 rings (SSSR count). The van der Waals surface area contributed by atoms with Crippen molar-refractivity contribution in [3.05, 3.63) is 52.9 Å². The first-order valence-electron chi connectivity index (χ1n) is 10.9. The number of ether oxygens (including phenoxy) is 2. The molecule has 1 amide bonds. The lowest BCUT2D eigenvalue weighted by atomic mass is 9.98. The van der Waals surface area contributed by atoms with E-state index in [1.807, 2.05) is 58.2 Å². The number of pyridine rings is 1. The summed E-state index contributed by atoms with van der Waals surface area (Å²) in [5, 5.41) is 5.66. The van der Waals surface area contributed by atoms with Crippen molar-refractivity contribution in [1.82, 2.24) is 19.7 Å². The zero-order chi connectivity index (χ0) is 22.9. The van der Waals surface area contributed by atoms with E-state index in [0.717, 1.165) is 41.4 Å². The molecule has 32 heavy (non-hydrogen) atoms. The maximum absolute atomic E-state index is 12.9. The molecule has 0 spiro atoms. The van der Waals surface area contributed by atoms with Gasteiger partial charge in [-0.25, -0.2) is 4.79 Å². The van der Waals surface area contributed by atoms with Gasteiger partial charge in [0, 0.05) is 25.2 Å². The van der Waals surface area contributed by atoms with Crippen molar-refractivity contribution in [3.8, 4) is 5.75 Å². The van der Waals surface area contributed by atoms with Crippen LogP contribution < -0.4 is 4.74 Å². The molecular weight excluding hydrogens is 428 g/mol. The van der Waals surface area contributed by atoms with Gasteiger partial charge in [0.25, 0.3) is 0 Å². The molecule has 1 fully saturated rings. The Morgan fingerprint density at radius 1 is 1.25 bits per heavy atom. The maximum atomic E-state index is 12.9. The van der Waals surface area contributed by atoms with E-state index in [-0.39, 0.29) is 12.1 Å². The Morgan fingerprint density at radius 2 is 2.06 bits per heavy atom. The molecule has 8 heteroatoms. The summed E-state index contributed by atoms with van der Waals surface area (Å²) in [5.41, 5.74) is 2.17. The number of carbonyl (C=O) groups is 1. The Bertz CT molecular complexity index is 1120. The van der Waals surface area contributed by atoms with E-state index < -0.39 is 5.60 Å². The van der Waals surface area contributed by atoms with Crippen molar-refractivity contribution in [2.24, 2.45) is 7.05 Å². The van der Waals surface area contributed by atoms with Crippen molar-refractivity contribution in [2.75, 3.05) is 6.54 Å². The number of aromatic nitrogens is 3. The number of likely N-dealkylation sites (tertiary alicyclic amines) is 1. The number of halogens is 1. The first-order valence-corrected chi connectivity index (χ1v) is 11.3. The summed E-state index contributed by atoms with van der Waals surface area (Å²) in [6, 6.07) is 9.55. The molecule has 1 aromatic carbocycles. The van der Waals surface area contributed by atoms with Gasteiger partial charge in [0.15, 0.2) is 5.15 Å². The summed E-state index contributed by atoms with van der Waals surface area (Å²) in [5.74, 6) is 0.677. The highest BCUT2D eigenvalue weighted by atomic mass is 35.5. The van der Waals surface area contributed by atoms with E-state index in [1.165, 1.54) is 0 Å². The quantitative estimate of drug-likeness (QED) is 0.506. The van der Waals surface area contributed by atoms with Gasteiger partial charge < -0.3 is 9.47 Å². The summed E-state index contributed by atoms with van der Waals surface area (Å²) < 4.78 is 13.6. The number of aryl methyl sites for hydroxylation is 1. The highest BCUT2D eigenvalue weighted by Crippen LogP contribution is 2.36. The molecule has 1 aliphatic heterocycles. The van der Waals surface area contributed by atoms with Crippen LogP contribution in [-0.2, 0) is 18.4 Å². The largest absolute Gasteiger partial charge is 0.487 e. The molecule has 1 unspecified atom stereocenters. The van der Waals surface area contributed by atoms with Gasteiger partial charge in [0.1, 0.15) is 23.7 Å². The maximum Gasteiger partial charge on any atom is 0.410 e. The molecule has 3 aromatic rings. The molecular formula is C24H29ClN4O3. The number of amides is 1. The minimum atomic E-state index is -0.546. The fourth-order valence-corrected chi connectivity index (χ4v) is 4.31. The lowest BCUT2D eigenvalue weighted by Gasteiger charge is -2.36. The van der Waals surface area contributed by atoms with Gasteiger partial charge in [0.05, 0.1) is 11.6 Å². The standard InChI is InChI=1S/C24H29ClN4O3/c1-24(2,3)32-23(30)29-13-6-5-8-18(29)21-20(9-7-12-26-21)31-15-16-10-11-17-19(14-16)28(4)27-22(17)25/h7,9-12,14,18H,5-6,8,13,15H2,1-4H3. The second kappa shape index (κ2) is 8.98. The van der Waals surface area contributed by atoms with E-state index in [9.17, 15) is 4.79 Å². The molecule has 0 aliphatic carbocycles. The number of rotatable bonds is 4. The van der Waals surface area contributed by atoms with Crippen LogP contribution in [-0.4, -0.2) is 37.9 Å². The molecule has 0 N–H and O–H groups in total. The second-order valence-electron chi connectivity index (χ2n) is 9.13. The van der Waals surface area contributed by atoms with Crippen LogP contribution in [0.15, 0.2) is 36.5 Å². The normalized spacial score (nSPS) is 16.9. The molecule has 7 nitrogen and oxygen atoms in total. The van der Waals surface area contributed by atoms with Crippen LogP contribution in [0.2, 0.25) is 5.15 Å². The van der Waals surface area contributed by atoms with Crippen LogP contribution in [0, 0.1) is 0 Å². The third-order valence-corrected chi connectivity index (χ3v) is 5.79. The molecule has 0 radical (unpaired) electrons. The predicted octanol–water partition coefficient (Wildman–Crippen LogP) is 5.66. The van der Waals surface area contributed by atoms with Crippen LogP contribution in [0.1, 0.15) is 57.3 Å². The smallest absolute Gasteiger partial charge is 0.410 e. The Hall–Kier alpha value is -2.80. The Morgan fingerprint density at radius 3 is 2.84 bits per heavy atom. The topological polar surface area (TPSA) is 69.5 Å². The number of hydrogen-bond donors (Lipinski definition) is 0. The molecule has 170 valence electrons. The van der Waals surface area contributed by atoms with Gasteiger partial charge in [-0.2, -0.15) is 5.10 Å². The van der Waals surface area contributed by atoms with E-state index in [0.29, 0.717) is 24.1 Å². The fourth-order valence-electron chi connectivity index (χ4n) is 4.04. The molecule has 1 aliphatic rings. The van der Waals surface area contributed by atoms with Gasteiger partial charge in [-0.15, -0.1) is 0 Å². The van der Waals surface area contributed by atoms with Crippen molar-refractivity contribution in [1.29, 1.82) is 0 Å². The van der Waals surface area contributed by atoms with Crippen molar-refractivity contribution in [3.63, 3.8) is 0 Å². The van der Waals surface area contributed by atoms with Gasteiger partial charge >= 0.3 is 6.09 Å². The molecule has 1 atom stereocenters. The highest BCUT2D eigenvalue weighted by molar-refractivity contribution is 6.34. The van der Waals surface area contributed by atoms with E-state index >= 15 is 0 Å². The van der Waals surface area contributed by atoms with E-state index in [4.69, 9.17) is 21.1 Å². The van der Waals surface area contributed by atoms with Crippen molar-refractivity contribution < 1.29 is 14.3 Å². The molecule has 0 bridgehead atoms. The van der Waals surface area contributed by atoms with E-state index in [1.54, 1.807) is 15.8 Å². The summed E-state index contributed by atoms with van der Waals surface area (Å²) in [4.78, 5) is 19.3. The van der Waals surface area contributed by atoms with Crippen LogP contribution in [0.5, 0.6) is 5.75 Å². The second-order valence-corrected chi connectivity index (χ2v) is 9.48. The van der Waals surface area contributed by atoms with E-state index in [2.05, 4.69) is 10.1 Å². The molecule has 0 saturated carbocycles. The van der Waals surface area contributed by atoms with Gasteiger partial charge in [-0.1, -0.05) is 17.7 Å². The molecule has 1 saturated heterocycles. The van der Waals surface area contributed by atoms with Gasteiger partial charge in [-0.05, 0) is 69.9 Å². The number of benzene rings is 1. The van der Waals surface area contributed by atoms with Gasteiger partial charge in [0.2, 0.25) is 0 Å². The average molecular weight is 457 g/mol. The lowest BCUT2D eigenvalue weighted by molar-refractivity contribution is 0.00865. The number of fused-ring (bicyclic) bond motifs is 1. The predicted molar refractivity (Wildman–Crippen MR) is 124 cm³/mol. The number of hydrogen-bond acceptors (Lipinski definition) is 5. The number of nitrogens with zero attached hydrogens (tertiary/aromatic N) is 4. The Balaban J connectivity index is 1.55. The molecule has 2 aromatic heterocycles. The monoisotopic (exact) mass is 456 g/mol. The number of carbonyl (C=O) groups excluding carboxylic acids is 1. The SMILES string of the molecule is Cn1nc(Cl)c2ccc(COc3cccnc3C3CCCCN3C(=O)OC(C)(C)C)cc21. The van der Waals surface area contributed by atoms with Crippen LogP contribution >= 0.6 is 11.6 Å². The Kier molecular flexibility index (Phi) is 6.29. The van der Waals surface area contributed by atoms with Crippen LogP contribution in [0.25, 0.3) is 10.9 Å². The summed E-state index contributed by atoms with van der Waals surface area (Å²) in [6.45, 7) is 6.66. The van der Waals surface area contributed by atoms with Crippen LogP contribution in [0.4, 0.5) is 4.79 Å². The minimum Gasteiger partial charge on any atom is -0.487 e. The minimum absolute atomic E-state index is 0.173. The average Bonchev–Trinajstić information content (AvgIpc) is 3.04. The van der Waals surface area contributed by atoms with Crippen molar-refractivity contribution in [2.45, 2.75) is 58.3 Å². The Labute approximate surface area is 193 Å². The summed E-state index contributed by atoms with van der Waals surface area (Å²) >= 11 is 6.18. The van der Waals surface area contributed by atoms with Crippen LogP contribution in [0.3, 0.4) is 0 Å². The highest BCUT2D eigenvalue weighted by Gasteiger charge is 2.33. The fraction of sp³-hybridized carbons (Fsp3) is 0.458.